The average Bonchev–Trinajstić information content (AvgIpc) is 3.36. The fourth-order valence-electron chi connectivity index (χ4n) is 4.84. The zero-order chi connectivity index (χ0) is 24.9. The Kier molecular flexibility index (Phi) is 7.07. The molecule has 1 saturated heterocycles. The number of amides is 1. The molecule has 0 radical (unpaired) electrons. The number of hydrogen-bond acceptors (Lipinski definition) is 5. The molecule has 5 rings (SSSR count). The number of benzene rings is 2. The maximum absolute atomic E-state index is 13.3. The van der Waals surface area contributed by atoms with Crippen molar-refractivity contribution >= 4 is 16.8 Å². The van der Waals surface area contributed by atoms with Crippen LogP contribution >= 0.6 is 0 Å². The molecule has 0 spiro atoms. The number of hydrogen-bond donors (Lipinski definition) is 1. The van der Waals surface area contributed by atoms with E-state index in [-0.39, 0.29) is 5.91 Å². The van der Waals surface area contributed by atoms with Crippen molar-refractivity contribution in [2.75, 3.05) is 26.8 Å². The molecule has 2 aromatic carbocycles. The molecule has 7 heteroatoms. The van der Waals surface area contributed by atoms with Crippen molar-refractivity contribution in [3.05, 3.63) is 83.8 Å². The molecule has 4 aromatic rings. The number of aromatic amines is 1. The second-order valence-electron chi connectivity index (χ2n) is 8.97. The van der Waals surface area contributed by atoms with Gasteiger partial charge in [-0.15, -0.1) is 0 Å². The van der Waals surface area contributed by atoms with Gasteiger partial charge >= 0.3 is 0 Å². The van der Waals surface area contributed by atoms with Gasteiger partial charge in [0.1, 0.15) is 12.4 Å². The fraction of sp³-hybridized carbons (Fsp3) is 0.310. The van der Waals surface area contributed by atoms with E-state index in [0.717, 1.165) is 29.7 Å². The molecule has 0 aliphatic carbocycles. The van der Waals surface area contributed by atoms with Crippen LogP contribution in [-0.4, -0.2) is 47.6 Å². The van der Waals surface area contributed by atoms with Crippen LogP contribution in [-0.2, 0) is 6.61 Å². The fourth-order valence-corrected chi connectivity index (χ4v) is 4.84. The Balaban J connectivity index is 1.26. The second-order valence-corrected chi connectivity index (χ2v) is 8.97. The van der Waals surface area contributed by atoms with E-state index in [1.54, 1.807) is 25.6 Å². The Bertz CT molecular complexity index is 1330. The molecule has 0 bridgehead atoms. The number of fused-ring (bicyclic) bond motifs is 1. The zero-order valence-corrected chi connectivity index (χ0v) is 20.7. The summed E-state index contributed by atoms with van der Waals surface area (Å²) in [5.41, 5.74) is 3.99. The number of carbonyl (C=O) groups is 1. The first-order valence-corrected chi connectivity index (χ1v) is 12.4. The molecule has 3 heterocycles. The number of pyridine rings is 1. The summed E-state index contributed by atoms with van der Waals surface area (Å²) < 4.78 is 17.2. The molecule has 1 amide bonds. The highest BCUT2D eigenvalue weighted by molar-refractivity contribution is 5.95. The number of rotatable bonds is 8. The minimum Gasteiger partial charge on any atom is -0.497 e. The van der Waals surface area contributed by atoms with Crippen molar-refractivity contribution in [2.45, 2.75) is 32.3 Å². The van der Waals surface area contributed by atoms with E-state index in [9.17, 15) is 4.79 Å². The van der Waals surface area contributed by atoms with Gasteiger partial charge in [-0.2, -0.15) is 0 Å². The minimum absolute atomic E-state index is 0.0220. The molecule has 1 aliphatic heterocycles. The molecule has 0 atom stereocenters. The van der Waals surface area contributed by atoms with E-state index in [0.29, 0.717) is 49.3 Å². The molecule has 1 aliphatic rings. The molecule has 7 nitrogen and oxygen atoms in total. The van der Waals surface area contributed by atoms with Gasteiger partial charge in [0.05, 0.1) is 13.7 Å². The lowest BCUT2D eigenvalue weighted by Gasteiger charge is -2.32. The van der Waals surface area contributed by atoms with Crippen molar-refractivity contribution in [2.24, 2.45) is 0 Å². The molecule has 0 saturated carbocycles. The Hall–Kier alpha value is -4.00. The van der Waals surface area contributed by atoms with Gasteiger partial charge in [0.15, 0.2) is 11.5 Å². The molecule has 1 fully saturated rings. The van der Waals surface area contributed by atoms with Gasteiger partial charge < -0.3 is 24.1 Å². The molecule has 36 heavy (non-hydrogen) atoms. The molecule has 0 unspecified atom stereocenters. The molecule has 186 valence electrons. The number of ether oxygens (including phenoxy) is 3. The highest BCUT2D eigenvalue weighted by Gasteiger charge is 2.27. The van der Waals surface area contributed by atoms with Crippen LogP contribution in [0.2, 0.25) is 0 Å². The third-order valence-electron chi connectivity index (χ3n) is 6.75. The van der Waals surface area contributed by atoms with Gasteiger partial charge in [0.25, 0.3) is 5.91 Å². The summed E-state index contributed by atoms with van der Waals surface area (Å²) in [5.74, 6) is 2.47. The lowest BCUT2D eigenvalue weighted by atomic mass is 9.89. The average molecular weight is 486 g/mol. The number of carbonyl (C=O) groups excluding carboxylic acids is 1. The summed E-state index contributed by atoms with van der Waals surface area (Å²) in [6.45, 7) is 4.22. The number of H-pyrrole nitrogens is 1. The smallest absolute Gasteiger partial charge is 0.253 e. The maximum Gasteiger partial charge on any atom is 0.253 e. The SMILES string of the molecule is CCOc1cc(C(=O)N2CCC(c3c[nH]c4ccc(OC)cc34)CC2)ccc1OCc1cccnc1. The summed E-state index contributed by atoms with van der Waals surface area (Å²) in [6.07, 6.45) is 7.44. The Labute approximate surface area is 211 Å². The van der Waals surface area contributed by atoms with Gasteiger partial charge in [-0.05, 0) is 73.7 Å². The zero-order valence-electron chi connectivity index (χ0n) is 20.7. The van der Waals surface area contributed by atoms with E-state index in [2.05, 4.69) is 28.3 Å². The standard InChI is InChI=1S/C29H31N3O4/c1-3-35-28-15-22(6-9-27(28)36-19-20-5-4-12-30-17-20)29(33)32-13-10-21(11-14-32)25-18-31-26-8-7-23(34-2)16-24(25)26/h4-9,12,15-18,21,31H,3,10-11,13-14,19H2,1-2H3. The topological polar surface area (TPSA) is 76.7 Å². The van der Waals surface area contributed by atoms with E-state index in [1.165, 1.54) is 10.9 Å². The van der Waals surface area contributed by atoms with Crippen molar-refractivity contribution in [3.63, 3.8) is 0 Å². The summed E-state index contributed by atoms with van der Waals surface area (Å²) in [7, 11) is 1.69. The van der Waals surface area contributed by atoms with Gasteiger partial charge in [-0.1, -0.05) is 6.07 Å². The van der Waals surface area contributed by atoms with Crippen molar-refractivity contribution in [1.82, 2.24) is 14.9 Å². The third kappa shape index (κ3) is 5.00. The van der Waals surface area contributed by atoms with Crippen molar-refractivity contribution < 1.29 is 19.0 Å². The Morgan fingerprint density at radius 2 is 1.94 bits per heavy atom. The van der Waals surface area contributed by atoms with Crippen LogP contribution in [0.3, 0.4) is 0 Å². The first-order chi connectivity index (χ1) is 17.7. The van der Waals surface area contributed by atoms with Crippen molar-refractivity contribution in [3.8, 4) is 17.2 Å². The third-order valence-corrected chi connectivity index (χ3v) is 6.75. The van der Waals surface area contributed by atoms with Gasteiger partial charge in [0.2, 0.25) is 0 Å². The van der Waals surface area contributed by atoms with E-state index < -0.39 is 0 Å². The first-order valence-electron chi connectivity index (χ1n) is 12.4. The first kappa shape index (κ1) is 23.7. The van der Waals surface area contributed by atoms with Crippen molar-refractivity contribution in [1.29, 1.82) is 0 Å². The van der Waals surface area contributed by atoms with Gasteiger partial charge in [0, 0.05) is 53.7 Å². The Morgan fingerprint density at radius 3 is 2.69 bits per heavy atom. The quantitative estimate of drug-likeness (QED) is 0.353. The van der Waals surface area contributed by atoms with E-state index in [4.69, 9.17) is 14.2 Å². The van der Waals surface area contributed by atoms with Gasteiger partial charge in [-0.3, -0.25) is 9.78 Å². The number of likely N-dealkylation sites (tertiary alicyclic amines) is 1. The van der Waals surface area contributed by atoms with Crippen LogP contribution in [0.25, 0.3) is 10.9 Å². The molecular weight excluding hydrogens is 454 g/mol. The largest absolute Gasteiger partial charge is 0.497 e. The predicted molar refractivity (Wildman–Crippen MR) is 139 cm³/mol. The normalized spacial score (nSPS) is 14.1. The highest BCUT2D eigenvalue weighted by Crippen LogP contribution is 2.36. The molecule has 2 aromatic heterocycles. The van der Waals surface area contributed by atoms with Crippen LogP contribution in [0.15, 0.2) is 67.1 Å². The highest BCUT2D eigenvalue weighted by atomic mass is 16.5. The van der Waals surface area contributed by atoms with E-state index in [1.807, 2.05) is 42.2 Å². The summed E-state index contributed by atoms with van der Waals surface area (Å²) in [4.78, 5) is 22.8. The lowest BCUT2D eigenvalue weighted by molar-refractivity contribution is 0.0712. The van der Waals surface area contributed by atoms with Crippen LogP contribution in [0, 0.1) is 0 Å². The molecular formula is C29H31N3O4. The van der Waals surface area contributed by atoms with Crippen LogP contribution in [0.4, 0.5) is 0 Å². The van der Waals surface area contributed by atoms with Crippen LogP contribution < -0.4 is 14.2 Å². The minimum atomic E-state index is 0.0220. The predicted octanol–water partition coefficient (Wildman–Crippen LogP) is 5.57. The number of methoxy groups -OCH3 is 1. The summed E-state index contributed by atoms with van der Waals surface area (Å²) in [5, 5.41) is 1.20. The number of aromatic nitrogens is 2. The maximum atomic E-state index is 13.3. The Morgan fingerprint density at radius 1 is 1.08 bits per heavy atom. The van der Waals surface area contributed by atoms with Crippen LogP contribution in [0.1, 0.15) is 47.2 Å². The lowest BCUT2D eigenvalue weighted by Crippen LogP contribution is -2.37. The summed E-state index contributed by atoms with van der Waals surface area (Å²) in [6, 6.07) is 15.4. The number of nitrogens with one attached hydrogen (secondary N) is 1. The van der Waals surface area contributed by atoms with E-state index >= 15 is 0 Å². The monoisotopic (exact) mass is 485 g/mol. The van der Waals surface area contributed by atoms with Crippen LogP contribution in [0.5, 0.6) is 17.2 Å². The second kappa shape index (κ2) is 10.7. The summed E-state index contributed by atoms with van der Waals surface area (Å²) >= 11 is 0. The number of piperidine rings is 1. The molecule has 1 N–H and O–H groups in total. The number of nitrogens with zero attached hydrogens (tertiary/aromatic N) is 2. The van der Waals surface area contributed by atoms with Gasteiger partial charge in [-0.25, -0.2) is 0 Å².